The minimum atomic E-state index is -3.04. The van der Waals surface area contributed by atoms with Gasteiger partial charge in [-0.05, 0) is 103 Å². The van der Waals surface area contributed by atoms with Crippen molar-refractivity contribution in [3.05, 3.63) is 120 Å². The first-order valence-electron chi connectivity index (χ1n) is 22.5. The molecule has 0 bridgehead atoms. The molecule has 4 aromatic heterocycles. The summed E-state index contributed by atoms with van der Waals surface area (Å²) < 4.78 is 114. The molecule has 0 aliphatic carbocycles. The highest BCUT2D eigenvalue weighted by Crippen LogP contribution is 2.34. The van der Waals surface area contributed by atoms with Crippen molar-refractivity contribution in [3.63, 3.8) is 0 Å². The van der Waals surface area contributed by atoms with Crippen LogP contribution in [0.3, 0.4) is 0 Å². The maximum absolute atomic E-state index is 8.77. The molecule has 0 radical (unpaired) electrons. The summed E-state index contributed by atoms with van der Waals surface area (Å²) in [5.74, 6) is -3.94. The summed E-state index contributed by atoms with van der Waals surface area (Å²) in [7, 11) is 0. The van der Waals surface area contributed by atoms with Gasteiger partial charge in [0.25, 0.3) is 0 Å². The Morgan fingerprint density at radius 3 is 1.60 bits per heavy atom. The molecular formula is C42H40N6. The van der Waals surface area contributed by atoms with E-state index in [0.717, 1.165) is 45.9 Å². The van der Waals surface area contributed by atoms with Gasteiger partial charge in [0.05, 0.1) is 55.5 Å². The molecular weight excluding hydrogens is 589 g/mol. The molecule has 0 spiro atoms. The number of fused-ring (bicyclic) bond motifs is 10. The van der Waals surface area contributed by atoms with Gasteiger partial charge in [-0.3, -0.25) is 17.9 Å². The zero-order valence-electron chi connectivity index (χ0n) is 39.2. The third kappa shape index (κ3) is 4.39. The molecule has 0 fully saturated rings. The quantitative estimate of drug-likeness (QED) is 0.166. The second kappa shape index (κ2) is 11.1. The molecule has 1 atom stereocenters. The summed E-state index contributed by atoms with van der Waals surface area (Å²) in [5, 5.41) is 0. The van der Waals surface area contributed by atoms with Crippen molar-refractivity contribution in [1.29, 1.82) is 0 Å². The molecule has 9 aromatic rings. The number of rotatable bonds is 8. The van der Waals surface area contributed by atoms with E-state index in [1.54, 1.807) is 18.2 Å². The zero-order valence-corrected chi connectivity index (χ0v) is 26.2. The standard InChI is InChI=1S/C42H40N6/c1-27(2)22-24-29-12-9-20-37-39(29)43-41-45(33-16-5-7-18-35(33)47(37)41)31-14-11-15-32(26-31)46-34-17-6-8-19-36(34)48-38-21-10-13-30(25-23-28(3)4)40(38)44-42(46)48/h5-21,26-28H,22-25H2,1-4H3/i1D3,2D3,3D3,23D2,27D,28D. The van der Waals surface area contributed by atoms with Crippen LogP contribution < -0.4 is 0 Å². The van der Waals surface area contributed by atoms with Gasteiger partial charge in [-0.1, -0.05) is 82.1 Å². The maximum atomic E-state index is 8.77. The predicted molar refractivity (Wildman–Crippen MR) is 199 cm³/mol. The van der Waals surface area contributed by atoms with Crippen molar-refractivity contribution >= 4 is 55.7 Å². The lowest BCUT2D eigenvalue weighted by Crippen LogP contribution is -2.00. The van der Waals surface area contributed by atoms with Crippen molar-refractivity contribution in [2.45, 2.75) is 53.1 Å². The van der Waals surface area contributed by atoms with Gasteiger partial charge in [-0.2, -0.15) is 0 Å². The fourth-order valence-corrected chi connectivity index (χ4v) is 7.08. The smallest absolute Gasteiger partial charge is 0.220 e. The van der Waals surface area contributed by atoms with E-state index in [2.05, 4.69) is 0 Å². The fourth-order valence-electron chi connectivity index (χ4n) is 7.08. The molecule has 6 nitrogen and oxygen atoms in total. The third-order valence-electron chi connectivity index (χ3n) is 9.16. The third-order valence-corrected chi connectivity index (χ3v) is 9.16. The monoisotopic (exact) mass is 641 g/mol. The van der Waals surface area contributed by atoms with E-state index in [1.165, 1.54) is 0 Å². The lowest BCUT2D eigenvalue weighted by Gasteiger charge is -2.10. The molecule has 0 saturated heterocycles. The van der Waals surface area contributed by atoms with Crippen LogP contribution in [0.25, 0.3) is 67.1 Å². The highest BCUT2D eigenvalue weighted by molar-refractivity contribution is 5.95. The molecule has 0 amide bonds. The number of hydrogen-bond donors (Lipinski definition) is 0. The Labute approximate surface area is 298 Å². The molecule has 9 rings (SSSR count). The van der Waals surface area contributed by atoms with Crippen LogP contribution in [0, 0.1) is 11.8 Å². The van der Waals surface area contributed by atoms with E-state index in [-0.39, 0.29) is 12.8 Å². The summed E-state index contributed by atoms with van der Waals surface area (Å²) in [6.07, 6.45) is -3.17. The lowest BCUT2D eigenvalue weighted by atomic mass is 10.0. The highest BCUT2D eigenvalue weighted by atomic mass is 15.2. The number of hydrogen-bond acceptors (Lipinski definition) is 2. The molecule has 0 aliphatic rings. The summed E-state index contributed by atoms with van der Waals surface area (Å²) in [6, 6.07) is 34.5. The molecule has 238 valence electrons. The zero-order chi connectivity index (χ0) is 43.7. The minimum absolute atomic E-state index is 0.00868. The first kappa shape index (κ1) is 18.3. The molecule has 48 heavy (non-hydrogen) atoms. The van der Waals surface area contributed by atoms with E-state index >= 15 is 0 Å². The Kier molecular flexibility index (Phi) is 4.23. The van der Waals surface area contributed by atoms with E-state index in [1.807, 2.05) is 109 Å². The fraction of sp³-hybridized carbons (Fsp3) is 0.238. The Bertz CT molecular complexity index is 3160. The number of benzene rings is 5. The minimum Gasteiger partial charge on any atom is -0.278 e. The Balaban J connectivity index is 1.21. The second-order valence-electron chi connectivity index (χ2n) is 12.2. The van der Waals surface area contributed by atoms with Crippen LogP contribution in [0.1, 0.15) is 69.2 Å². The summed E-state index contributed by atoms with van der Waals surface area (Å²) >= 11 is 0. The topological polar surface area (TPSA) is 44.5 Å². The van der Waals surface area contributed by atoms with Crippen molar-refractivity contribution in [2.24, 2.45) is 11.8 Å². The molecule has 0 saturated carbocycles. The van der Waals surface area contributed by atoms with Gasteiger partial charge in [0.2, 0.25) is 11.6 Å². The second-order valence-corrected chi connectivity index (χ2v) is 12.2. The van der Waals surface area contributed by atoms with Crippen LogP contribution in [0.15, 0.2) is 109 Å². The van der Waals surface area contributed by atoms with Crippen LogP contribution in [0.2, 0.25) is 0 Å². The largest absolute Gasteiger partial charge is 0.278 e. The van der Waals surface area contributed by atoms with Crippen LogP contribution in [0.5, 0.6) is 0 Å². The number of aryl methyl sites for hydroxylation is 2. The molecule has 1 unspecified atom stereocenters. The van der Waals surface area contributed by atoms with Crippen LogP contribution in [-0.4, -0.2) is 27.9 Å². The Morgan fingerprint density at radius 2 is 1.06 bits per heavy atom. The molecule has 6 heteroatoms. The molecule has 0 aliphatic heterocycles. The molecule has 0 N–H and O–H groups in total. The van der Waals surface area contributed by atoms with E-state index in [4.69, 9.17) is 27.8 Å². The SMILES string of the molecule is [2H]C([2H])([2H])C([2H])(C)C([2H])([2H])Cc1cccc2c1nc1n(-c3cccc(-n4c5ccccc5n5c6cccc(CCC([2H])(C([2H])([2H])[2H])C([2H])([2H])[2H])c6nc45)c3)c3ccccc3n21. The van der Waals surface area contributed by atoms with Gasteiger partial charge < -0.3 is 0 Å². The van der Waals surface area contributed by atoms with Crippen LogP contribution in [0.4, 0.5) is 0 Å². The molecule has 5 aromatic carbocycles. The first-order chi connectivity index (χ1) is 28.6. The van der Waals surface area contributed by atoms with Crippen molar-refractivity contribution in [3.8, 4) is 11.4 Å². The van der Waals surface area contributed by atoms with E-state index in [9.17, 15) is 0 Å². The molecule has 4 heterocycles. The van der Waals surface area contributed by atoms with Gasteiger partial charge in [0, 0.05) is 17.8 Å². The Morgan fingerprint density at radius 1 is 0.583 bits per heavy atom. The van der Waals surface area contributed by atoms with Crippen molar-refractivity contribution < 1.29 is 17.8 Å². The van der Waals surface area contributed by atoms with Crippen LogP contribution in [-0.2, 0) is 12.8 Å². The average molecular weight is 642 g/mol. The summed E-state index contributed by atoms with van der Waals surface area (Å²) in [5.41, 5.74) is 8.53. The van der Waals surface area contributed by atoms with Crippen LogP contribution >= 0.6 is 0 Å². The van der Waals surface area contributed by atoms with Gasteiger partial charge in [-0.15, -0.1) is 0 Å². The Hall–Kier alpha value is -5.36. The highest BCUT2D eigenvalue weighted by Gasteiger charge is 2.21. The number of nitrogens with zero attached hydrogens (tertiary/aromatic N) is 6. The predicted octanol–water partition coefficient (Wildman–Crippen LogP) is 10.4. The maximum Gasteiger partial charge on any atom is 0.220 e. The first-order valence-corrected chi connectivity index (χ1v) is 16.0. The average Bonchev–Trinajstić information content (AvgIpc) is 3.92. The summed E-state index contributed by atoms with van der Waals surface area (Å²) in [4.78, 5) is 10.2. The van der Waals surface area contributed by atoms with E-state index in [0.29, 0.717) is 39.2 Å². The van der Waals surface area contributed by atoms with Crippen molar-refractivity contribution in [2.75, 3.05) is 0 Å². The number of para-hydroxylation sites is 6. The van der Waals surface area contributed by atoms with Gasteiger partial charge in [0.15, 0.2) is 0 Å². The van der Waals surface area contributed by atoms with E-state index < -0.39 is 45.1 Å². The van der Waals surface area contributed by atoms with Crippen molar-refractivity contribution in [1.82, 2.24) is 27.9 Å². The number of imidazole rings is 4. The lowest BCUT2D eigenvalue weighted by molar-refractivity contribution is 0.588. The summed E-state index contributed by atoms with van der Waals surface area (Å²) in [6.45, 7) is -7.82. The normalized spacial score (nSPS) is 19.0. The van der Waals surface area contributed by atoms with Gasteiger partial charge in [0.1, 0.15) is 0 Å². The number of aromatic nitrogens is 6. The van der Waals surface area contributed by atoms with Gasteiger partial charge >= 0.3 is 0 Å². The van der Waals surface area contributed by atoms with Gasteiger partial charge in [-0.25, -0.2) is 9.97 Å².